The van der Waals surface area contributed by atoms with Crippen LogP contribution in [0.4, 0.5) is 5.69 Å². The zero-order chi connectivity index (χ0) is 12.8. The summed E-state index contributed by atoms with van der Waals surface area (Å²) in [6.07, 6.45) is 5.90. The van der Waals surface area contributed by atoms with Gasteiger partial charge in [0.2, 0.25) is 0 Å². The average molecular weight is 264 g/mol. The fourth-order valence-corrected chi connectivity index (χ4v) is 2.73. The minimum absolute atomic E-state index is 0.750. The Morgan fingerprint density at radius 2 is 2.33 bits per heavy atom. The third-order valence-electron chi connectivity index (χ3n) is 3.61. The minimum Gasteiger partial charge on any atom is -0.385 e. The molecule has 1 atom stereocenters. The van der Waals surface area contributed by atoms with Crippen molar-refractivity contribution in [1.82, 2.24) is 5.32 Å². The number of hydrogen-bond donors (Lipinski definition) is 2. The number of benzene rings is 1. The Morgan fingerprint density at radius 3 is 3.17 bits per heavy atom. The van der Waals surface area contributed by atoms with Crippen molar-refractivity contribution in [1.29, 1.82) is 0 Å². The molecule has 2 rings (SSSR count). The van der Waals surface area contributed by atoms with Gasteiger partial charge in [-0.3, -0.25) is 0 Å². The van der Waals surface area contributed by atoms with Crippen LogP contribution in [-0.4, -0.2) is 24.6 Å². The first-order valence-corrected chi connectivity index (χ1v) is 8.18. The molecule has 100 valence electrons. The molecule has 0 amide bonds. The molecule has 0 fully saturated rings. The van der Waals surface area contributed by atoms with E-state index in [1.54, 1.807) is 0 Å². The van der Waals surface area contributed by atoms with Gasteiger partial charge in [0.05, 0.1) is 0 Å². The van der Waals surface area contributed by atoms with Crippen LogP contribution in [0.15, 0.2) is 18.2 Å². The SMILES string of the molecule is CSC(C)CCNCc1cccc2c1NCCC2. The van der Waals surface area contributed by atoms with Gasteiger partial charge in [0.15, 0.2) is 0 Å². The van der Waals surface area contributed by atoms with Gasteiger partial charge < -0.3 is 10.6 Å². The number of hydrogen-bond acceptors (Lipinski definition) is 3. The molecule has 0 saturated heterocycles. The molecule has 0 radical (unpaired) electrons. The Hall–Kier alpha value is -0.670. The molecule has 1 aromatic rings. The smallest absolute Gasteiger partial charge is 0.0418 e. The molecule has 1 aromatic carbocycles. The predicted molar refractivity (Wildman–Crippen MR) is 82.6 cm³/mol. The zero-order valence-electron chi connectivity index (χ0n) is 11.5. The largest absolute Gasteiger partial charge is 0.385 e. The number of nitrogens with one attached hydrogen (secondary N) is 2. The maximum Gasteiger partial charge on any atom is 0.0418 e. The quantitative estimate of drug-likeness (QED) is 0.771. The van der Waals surface area contributed by atoms with Gasteiger partial charge in [-0.15, -0.1) is 0 Å². The third-order valence-corrected chi connectivity index (χ3v) is 4.65. The second-order valence-corrected chi connectivity index (χ2v) is 6.27. The molecule has 2 nitrogen and oxygen atoms in total. The number of fused-ring (bicyclic) bond motifs is 1. The second kappa shape index (κ2) is 7.05. The van der Waals surface area contributed by atoms with Gasteiger partial charge in [-0.2, -0.15) is 11.8 Å². The molecule has 0 spiro atoms. The molecule has 1 heterocycles. The van der Waals surface area contributed by atoms with E-state index in [1.165, 1.54) is 36.1 Å². The molecule has 18 heavy (non-hydrogen) atoms. The summed E-state index contributed by atoms with van der Waals surface area (Å²) < 4.78 is 0. The van der Waals surface area contributed by atoms with Gasteiger partial charge in [0.1, 0.15) is 0 Å². The van der Waals surface area contributed by atoms with E-state index in [0.29, 0.717) is 0 Å². The molecule has 0 aromatic heterocycles. The summed E-state index contributed by atoms with van der Waals surface area (Å²) in [6, 6.07) is 6.68. The van der Waals surface area contributed by atoms with Crippen LogP contribution in [0.3, 0.4) is 0 Å². The number of thioether (sulfide) groups is 1. The lowest BCUT2D eigenvalue weighted by Gasteiger charge is -2.21. The summed E-state index contributed by atoms with van der Waals surface area (Å²) in [6.45, 7) is 5.49. The molecular formula is C15H24N2S. The van der Waals surface area contributed by atoms with Crippen molar-refractivity contribution in [3.63, 3.8) is 0 Å². The first-order valence-electron chi connectivity index (χ1n) is 6.89. The monoisotopic (exact) mass is 264 g/mol. The van der Waals surface area contributed by atoms with Gasteiger partial charge >= 0.3 is 0 Å². The summed E-state index contributed by atoms with van der Waals surface area (Å²) >= 11 is 1.94. The summed E-state index contributed by atoms with van der Waals surface area (Å²) in [5.41, 5.74) is 4.29. The van der Waals surface area contributed by atoms with Crippen molar-refractivity contribution in [2.24, 2.45) is 0 Å². The Balaban J connectivity index is 1.86. The van der Waals surface area contributed by atoms with E-state index in [-0.39, 0.29) is 0 Å². The van der Waals surface area contributed by atoms with E-state index in [1.807, 2.05) is 11.8 Å². The van der Waals surface area contributed by atoms with E-state index in [2.05, 4.69) is 42.0 Å². The van der Waals surface area contributed by atoms with Gasteiger partial charge in [-0.25, -0.2) is 0 Å². The highest BCUT2D eigenvalue weighted by Gasteiger charge is 2.11. The van der Waals surface area contributed by atoms with Crippen LogP contribution >= 0.6 is 11.8 Å². The van der Waals surface area contributed by atoms with Crippen molar-refractivity contribution in [3.8, 4) is 0 Å². The molecule has 3 heteroatoms. The van der Waals surface area contributed by atoms with Crippen molar-refractivity contribution in [2.45, 2.75) is 38.0 Å². The number of aryl methyl sites for hydroxylation is 1. The molecule has 0 aliphatic carbocycles. The van der Waals surface area contributed by atoms with E-state index >= 15 is 0 Å². The van der Waals surface area contributed by atoms with E-state index in [0.717, 1.165) is 24.9 Å². The Bertz CT molecular complexity index is 379. The summed E-state index contributed by atoms with van der Waals surface area (Å²) in [5, 5.41) is 7.86. The fraction of sp³-hybridized carbons (Fsp3) is 0.600. The normalized spacial score (nSPS) is 15.9. The standard InChI is InChI=1S/C15H24N2S/c1-12(18-2)8-10-16-11-14-6-3-5-13-7-4-9-17-15(13)14/h3,5-6,12,16-17H,4,7-11H2,1-2H3. The zero-order valence-corrected chi connectivity index (χ0v) is 12.3. The van der Waals surface area contributed by atoms with Crippen molar-refractivity contribution < 1.29 is 0 Å². The highest BCUT2D eigenvalue weighted by Crippen LogP contribution is 2.25. The lowest BCUT2D eigenvalue weighted by Crippen LogP contribution is -2.20. The molecular weight excluding hydrogens is 240 g/mol. The maximum absolute atomic E-state index is 3.56. The van der Waals surface area contributed by atoms with Crippen LogP contribution in [-0.2, 0) is 13.0 Å². The summed E-state index contributed by atoms with van der Waals surface area (Å²) in [4.78, 5) is 0. The van der Waals surface area contributed by atoms with Gasteiger partial charge in [-0.05, 0) is 43.2 Å². The molecule has 0 bridgehead atoms. The molecule has 0 saturated carbocycles. The van der Waals surface area contributed by atoms with Crippen LogP contribution in [0.1, 0.15) is 30.9 Å². The third kappa shape index (κ3) is 3.66. The lowest BCUT2D eigenvalue weighted by atomic mass is 9.99. The summed E-state index contributed by atoms with van der Waals surface area (Å²) in [7, 11) is 0. The first-order chi connectivity index (χ1) is 8.81. The number of rotatable bonds is 6. The maximum atomic E-state index is 3.56. The van der Waals surface area contributed by atoms with Gasteiger partial charge in [-0.1, -0.05) is 25.1 Å². The first kappa shape index (κ1) is 13.8. The molecule has 1 unspecified atom stereocenters. The van der Waals surface area contributed by atoms with Crippen molar-refractivity contribution in [3.05, 3.63) is 29.3 Å². The highest BCUT2D eigenvalue weighted by molar-refractivity contribution is 7.99. The Labute approximate surface area is 115 Å². The van der Waals surface area contributed by atoms with Crippen LogP contribution in [0.5, 0.6) is 0 Å². The lowest BCUT2D eigenvalue weighted by molar-refractivity contribution is 0.647. The minimum atomic E-state index is 0.750. The molecule has 2 N–H and O–H groups in total. The number of anilines is 1. The van der Waals surface area contributed by atoms with Crippen molar-refractivity contribution in [2.75, 3.05) is 24.7 Å². The highest BCUT2D eigenvalue weighted by atomic mass is 32.2. The van der Waals surface area contributed by atoms with Gasteiger partial charge in [0.25, 0.3) is 0 Å². The predicted octanol–water partition coefficient (Wildman–Crippen LogP) is 3.28. The topological polar surface area (TPSA) is 24.1 Å². The van der Waals surface area contributed by atoms with Crippen LogP contribution in [0.25, 0.3) is 0 Å². The van der Waals surface area contributed by atoms with Gasteiger partial charge in [0, 0.05) is 24.0 Å². The van der Waals surface area contributed by atoms with Crippen LogP contribution < -0.4 is 10.6 Å². The molecule has 1 aliphatic heterocycles. The Morgan fingerprint density at radius 1 is 1.44 bits per heavy atom. The summed E-state index contributed by atoms with van der Waals surface area (Å²) in [5.74, 6) is 0. The molecule has 1 aliphatic rings. The van der Waals surface area contributed by atoms with Crippen molar-refractivity contribution >= 4 is 17.4 Å². The van der Waals surface area contributed by atoms with Crippen LogP contribution in [0.2, 0.25) is 0 Å². The number of para-hydroxylation sites is 1. The van der Waals surface area contributed by atoms with Crippen LogP contribution in [0, 0.1) is 0 Å². The van der Waals surface area contributed by atoms with E-state index < -0.39 is 0 Å². The van der Waals surface area contributed by atoms with E-state index in [4.69, 9.17) is 0 Å². The average Bonchev–Trinajstić information content (AvgIpc) is 2.43. The Kier molecular flexibility index (Phi) is 5.39. The fourth-order valence-electron chi connectivity index (χ4n) is 2.37. The van der Waals surface area contributed by atoms with E-state index in [9.17, 15) is 0 Å². The second-order valence-electron chi connectivity index (χ2n) is 4.99.